The van der Waals surface area contributed by atoms with Gasteiger partial charge in [-0.2, -0.15) is 8.42 Å². The van der Waals surface area contributed by atoms with Crippen LogP contribution in [0.2, 0.25) is 20.1 Å². The second-order valence-electron chi connectivity index (χ2n) is 6.03. The van der Waals surface area contributed by atoms with E-state index in [-0.39, 0.29) is 26.2 Å². The molecule has 0 spiro atoms. The zero-order valence-corrected chi connectivity index (χ0v) is 18.1. The van der Waals surface area contributed by atoms with Gasteiger partial charge in [0.15, 0.2) is 4.75 Å². The van der Waals surface area contributed by atoms with E-state index in [4.69, 9.17) is 46.4 Å². The van der Waals surface area contributed by atoms with E-state index in [1.54, 1.807) is 6.07 Å². The molecule has 3 aromatic carbocycles. The number of aromatic hydroxyl groups is 2. The molecule has 0 saturated carbocycles. The summed E-state index contributed by atoms with van der Waals surface area (Å²) in [5, 5.41) is 19.4. The fourth-order valence-corrected chi connectivity index (χ4v) is 5.97. The molecule has 0 aromatic heterocycles. The fourth-order valence-electron chi connectivity index (χ4n) is 3.26. The second-order valence-corrected chi connectivity index (χ2v) is 9.20. The predicted molar refractivity (Wildman–Crippen MR) is 114 cm³/mol. The molecule has 1 atom stereocenters. The molecule has 0 radical (unpaired) electrons. The summed E-state index contributed by atoms with van der Waals surface area (Å²) in [6, 6.07) is 12.6. The van der Waals surface area contributed by atoms with Crippen molar-refractivity contribution in [3.8, 4) is 11.5 Å². The minimum Gasteiger partial charge on any atom is -0.506 e. The van der Waals surface area contributed by atoms with Crippen molar-refractivity contribution in [3.05, 3.63) is 91.4 Å². The third-order valence-electron chi connectivity index (χ3n) is 4.41. The van der Waals surface area contributed by atoms with E-state index in [0.717, 1.165) is 6.07 Å². The summed E-state index contributed by atoms with van der Waals surface area (Å²) in [4.78, 5) is 0. The van der Waals surface area contributed by atoms with Gasteiger partial charge in [0.2, 0.25) is 0 Å². The van der Waals surface area contributed by atoms with Crippen LogP contribution < -0.4 is 0 Å². The number of hydrogen-bond donors (Lipinski definition) is 3. The molecule has 1 unspecified atom stereocenters. The maximum absolute atomic E-state index is 13.0. The second kappa shape index (κ2) is 7.87. The van der Waals surface area contributed by atoms with Crippen molar-refractivity contribution in [2.45, 2.75) is 4.75 Å². The van der Waals surface area contributed by atoms with Crippen LogP contribution in [-0.4, -0.2) is 23.2 Å². The van der Waals surface area contributed by atoms with Crippen LogP contribution in [0.4, 0.5) is 0 Å². The zero-order valence-electron chi connectivity index (χ0n) is 14.3. The van der Waals surface area contributed by atoms with Crippen molar-refractivity contribution in [2.75, 3.05) is 0 Å². The molecule has 0 aliphatic rings. The molecular formula is C19H12Cl4O5S. The fraction of sp³-hybridized carbons (Fsp3) is 0.0526. The summed E-state index contributed by atoms with van der Waals surface area (Å²) in [6.45, 7) is 0. The Morgan fingerprint density at radius 3 is 1.83 bits per heavy atom. The van der Waals surface area contributed by atoms with Crippen LogP contribution in [0.25, 0.3) is 0 Å². The lowest BCUT2D eigenvalue weighted by Gasteiger charge is -2.35. The first-order valence-electron chi connectivity index (χ1n) is 7.91. The Morgan fingerprint density at radius 1 is 0.759 bits per heavy atom. The first kappa shape index (κ1) is 22.0. The van der Waals surface area contributed by atoms with Crippen LogP contribution in [0.1, 0.15) is 16.7 Å². The predicted octanol–water partition coefficient (Wildman–Crippen LogP) is 5.89. The first-order valence-corrected chi connectivity index (χ1v) is 10.9. The molecule has 5 nitrogen and oxygen atoms in total. The average Bonchev–Trinajstić information content (AvgIpc) is 2.64. The Kier molecular flexibility index (Phi) is 5.98. The standard InChI is InChI=1S/C19H12Cl4O5S/c20-11-7-4-8-12(21)15(11)19(29(26,27)28,10-5-2-1-3-6-10)16-13(22)9-14(24)17(23)18(16)25/h1-9,24-25H,(H,26,27,28). The molecule has 0 amide bonds. The van der Waals surface area contributed by atoms with Crippen LogP contribution in [-0.2, 0) is 14.9 Å². The molecule has 0 fully saturated rings. The van der Waals surface area contributed by atoms with Gasteiger partial charge >= 0.3 is 0 Å². The highest BCUT2D eigenvalue weighted by Crippen LogP contribution is 2.55. The van der Waals surface area contributed by atoms with E-state index in [1.807, 2.05) is 0 Å². The van der Waals surface area contributed by atoms with E-state index in [0.29, 0.717) is 0 Å². The van der Waals surface area contributed by atoms with E-state index in [2.05, 4.69) is 0 Å². The Bertz CT molecular complexity index is 1180. The van der Waals surface area contributed by atoms with Gasteiger partial charge in [-0.1, -0.05) is 82.8 Å². The summed E-state index contributed by atoms with van der Waals surface area (Å²) < 4.78 is 34.0. The highest BCUT2D eigenvalue weighted by molar-refractivity contribution is 7.87. The highest BCUT2D eigenvalue weighted by atomic mass is 35.5. The molecule has 3 N–H and O–H groups in total. The van der Waals surface area contributed by atoms with Gasteiger partial charge in [-0.15, -0.1) is 0 Å². The summed E-state index contributed by atoms with van der Waals surface area (Å²) in [6.07, 6.45) is 0. The van der Waals surface area contributed by atoms with Crippen LogP contribution in [0.15, 0.2) is 54.6 Å². The molecule has 0 aliphatic carbocycles. The Labute approximate surface area is 186 Å². The Morgan fingerprint density at radius 2 is 1.31 bits per heavy atom. The van der Waals surface area contributed by atoms with Crippen molar-refractivity contribution in [2.24, 2.45) is 0 Å². The summed E-state index contributed by atoms with van der Waals surface area (Å²) in [5.74, 6) is -1.44. The number of hydrogen-bond acceptors (Lipinski definition) is 4. The molecule has 152 valence electrons. The molecule has 0 aliphatic heterocycles. The van der Waals surface area contributed by atoms with E-state index < -0.39 is 37.0 Å². The monoisotopic (exact) mass is 492 g/mol. The van der Waals surface area contributed by atoms with Crippen LogP contribution in [0.5, 0.6) is 11.5 Å². The molecule has 3 aromatic rings. The number of halogens is 4. The molecule has 10 heteroatoms. The summed E-state index contributed by atoms with van der Waals surface area (Å²) in [7, 11) is -5.16. The summed E-state index contributed by atoms with van der Waals surface area (Å²) >= 11 is 24.9. The minimum absolute atomic E-state index is 0.0172. The third-order valence-corrected chi connectivity index (χ3v) is 7.12. The number of phenolic OH excluding ortho intramolecular Hbond substituents is 2. The van der Waals surface area contributed by atoms with E-state index >= 15 is 0 Å². The SMILES string of the molecule is O=S(=O)(O)C(c1ccccc1)(c1c(Cl)cccc1Cl)c1c(Cl)cc(O)c(Cl)c1O. The molecule has 0 heterocycles. The van der Waals surface area contributed by atoms with Gasteiger partial charge in [0.05, 0.1) is 5.02 Å². The van der Waals surface area contributed by atoms with Gasteiger partial charge in [-0.25, -0.2) is 0 Å². The lowest BCUT2D eigenvalue weighted by Crippen LogP contribution is -2.39. The van der Waals surface area contributed by atoms with Crippen molar-refractivity contribution < 1.29 is 23.2 Å². The van der Waals surface area contributed by atoms with Crippen molar-refractivity contribution in [1.82, 2.24) is 0 Å². The zero-order chi connectivity index (χ0) is 21.6. The lowest BCUT2D eigenvalue weighted by atomic mass is 9.83. The van der Waals surface area contributed by atoms with Crippen LogP contribution in [0, 0.1) is 0 Å². The van der Waals surface area contributed by atoms with Gasteiger partial charge in [-0.3, -0.25) is 4.55 Å². The van der Waals surface area contributed by atoms with E-state index in [9.17, 15) is 23.2 Å². The molecular weight excluding hydrogens is 482 g/mol. The first-order chi connectivity index (χ1) is 13.5. The molecule has 0 bridgehead atoms. The summed E-state index contributed by atoms with van der Waals surface area (Å²) in [5.41, 5.74) is -0.766. The maximum atomic E-state index is 13.0. The third kappa shape index (κ3) is 3.44. The number of rotatable bonds is 4. The largest absolute Gasteiger partial charge is 0.506 e. The average molecular weight is 494 g/mol. The normalized spacial score (nSPS) is 13.8. The van der Waals surface area contributed by atoms with Gasteiger partial charge in [0.25, 0.3) is 10.1 Å². The molecule has 3 rings (SSSR count). The Hall–Kier alpha value is -1.67. The van der Waals surface area contributed by atoms with Crippen LogP contribution >= 0.6 is 46.4 Å². The number of benzene rings is 3. The lowest BCUT2D eigenvalue weighted by molar-refractivity contribution is 0.431. The van der Waals surface area contributed by atoms with Gasteiger partial charge in [0.1, 0.15) is 16.5 Å². The minimum atomic E-state index is -5.16. The van der Waals surface area contributed by atoms with Crippen molar-refractivity contribution >= 4 is 56.5 Å². The maximum Gasteiger partial charge on any atom is 0.283 e. The number of phenols is 2. The van der Waals surface area contributed by atoms with Gasteiger partial charge < -0.3 is 10.2 Å². The van der Waals surface area contributed by atoms with Gasteiger partial charge in [-0.05, 0) is 17.7 Å². The van der Waals surface area contributed by atoms with Crippen molar-refractivity contribution in [3.63, 3.8) is 0 Å². The van der Waals surface area contributed by atoms with Gasteiger partial charge in [0, 0.05) is 27.2 Å². The van der Waals surface area contributed by atoms with E-state index in [1.165, 1.54) is 42.5 Å². The quantitative estimate of drug-likeness (QED) is 0.311. The molecule has 29 heavy (non-hydrogen) atoms. The smallest absolute Gasteiger partial charge is 0.283 e. The van der Waals surface area contributed by atoms with Crippen LogP contribution in [0.3, 0.4) is 0 Å². The Balaban J connectivity index is 2.70. The van der Waals surface area contributed by atoms with Crippen molar-refractivity contribution in [1.29, 1.82) is 0 Å². The molecule has 0 saturated heterocycles. The highest BCUT2D eigenvalue weighted by Gasteiger charge is 2.54. The topological polar surface area (TPSA) is 94.8 Å².